The van der Waals surface area contributed by atoms with Crippen molar-refractivity contribution in [2.75, 3.05) is 26.5 Å². The summed E-state index contributed by atoms with van der Waals surface area (Å²) in [5, 5.41) is 8.88. The molecule has 22 heavy (non-hydrogen) atoms. The normalized spacial score (nSPS) is 16.1. The molecule has 0 spiro atoms. The Hall–Kier alpha value is -2.07. The van der Waals surface area contributed by atoms with Crippen LogP contribution in [-0.2, 0) is 9.84 Å². The number of hydrogen-bond donors (Lipinski definition) is 0. The first-order chi connectivity index (χ1) is 10.4. The Balaban J connectivity index is 2.26. The predicted molar refractivity (Wildman–Crippen MR) is 80.3 cm³/mol. The molecule has 1 saturated heterocycles. The third-order valence-corrected chi connectivity index (χ3v) is 4.89. The minimum atomic E-state index is -3.48. The number of rotatable bonds is 3. The molecule has 7 heteroatoms. The van der Waals surface area contributed by atoms with Gasteiger partial charge in [-0.3, -0.25) is 4.79 Å². The van der Waals surface area contributed by atoms with Gasteiger partial charge in [-0.25, -0.2) is 8.42 Å². The molecule has 0 atom stereocenters. The molecule has 0 N–H and O–H groups in total. The van der Waals surface area contributed by atoms with E-state index in [2.05, 4.69) is 6.07 Å². The van der Waals surface area contributed by atoms with Gasteiger partial charge in [-0.1, -0.05) is 0 Å². The third-order valence-electron chi connectivity index (χ3n) is 3.77. The molecule has 0 unspecified atom stereocenters. The molecule has 118 valence electrons. The Morgan fingerprint density at radius 2 is 2.00 bits per heavy atom. The van der Waals surface area contributed by atoms with Crippen molar-refractivity contribution in [1.29, 1.82) is 5.26 Å². The van der Waals surface area contributed by atoms with Crippen molar-refractivity contribution in [2.45, 2.75) is 17.7 Å². The van der Waals surface area contributed by atoms with E-state index in [4.69, 9.17) is 10.00 Å². The number of nitriles is 1. The molecule has 0 aromatic heterocycles. The highest BCUT2D eigenvalue weighted by Gasteiger charge is 2.25. The van der Waals surface area contributed by atoms with Crippen LogP contribution in [0.15, 0.2) is 23.1 Å². The number of piperidine rings is 1. The van der Waals surface area contributed by atoms with E-state index in [-0.39, 0.29) is 22.5 Å². The number of carbonyl (C=O) groups excluding carboxylic acids is 1. The average Bonchev–Trinajstić information content (AvgIpc) is 2.52. The smallest absolute Gasteiger partial charge is 0.253 e. The number of nitrogens with zero attached hydrogens (tertiary/aromatic N) is 2. The fraction of sp³-hybridized carbons (Fsp3) is 0.467. The topological polar surface area (TPSA) is 87.5 Å². The largest absolute Gasteiger partial charge is 0.495 e. The van der Waals surface area contributed by atoms with Crippen LogP contribution in [0.5, 0.6) is 5.75 Å². The maximum absolute atomic E-state index is 12.5. The zero-order chi connectivity index (χ0) is 16.3. The van der Waals surface area contributed by atoms with Gasteiger partial charge in [-0.05, 0) is 31.0 Å². The van der Waals surface area contributed by atoms with E-state index in [0.29, 0.717) is 31.5 Å². The van der Waals surface area contributed by atoms with E-state index in [9.17, 15) is 13.2 Å². The van der Waals surface area contributed by atoms with Gasteiger partial charge in [-0.15, -0.1) is 0 Å². The van der Waals surface area contributed by atoms with Crippen molar-refractivity contribution in [3.63, 3.8) is 0 Å². The second-order valence-electron chi connectivity index (χ2n) is 5.33. The minimum Gasteiger partial charge on any atom is -0.495 e. The Labute approximate surface area is 130 Å². The van der Waals surface area contributed by atoms with Crippen LogP contribution < -0.4 is 4.74 Å². The molecular formula is C15H18N2O4S. The summed E-state index contributed by atoms with van der Waals surface area (Å²) in [5.41, 5.74) is 0.316. The Kier molecular flexibility index (Phi) is 4.71. The van der Waals surface area contributed by atoms with Crippen molar-refractivity contribution in [3.05, 3.63) is 23.8 Å². The first-order valence-corrected chi connectivity index (χ1v) is 8.83. The maximum Gasteiger partial charge on any atom is 0.253 e. The van der Waals surface area contributed by atoms with Gasteiger partial charge in [0.2, 0.25) is 0 Å². The van der Waals surface area contributed by atoms with E-state index < -0.39 is 9.84 Å². The average molecular weight is 322 g/mol. The van der Waals surface area contributed by atoms with Gasteiger partial charge in [0.25, 0.3) is 5.91 Å². The van der Waals surface area contributed by atoms with Gasteiger partial charge in [-0.2, -0.15) is 5.26 Å². The number of methoxy groups -OCH3 is 1. The lowest BCUT2D eigenvalue weighted by Gasteiger charge is -2.29. The molecule has 0 bridgehead atoms. The van der Waals surface area contributed by atoms with Crippen molar-refractivity contribution < 1.29 is 17.9 Å². The second kappa shape index (κ2) is 6.36. The van der Waals surface area contributed by atoms with Crippen LogP contribution in [0, 0.1) is 17.2 Å². The highest BCUT2D eigenvalue weighted by molar-refractivity contribution is 7.90. The SMILES string of the molecule is COc1ccc(C(=O)N2CCC(C#N)CC2)cc1S(C)(=O)=O. The van der Waals surface area contributed by atoms with Gasteiger partial charge in [0, 0.05) is 30.8 Å². The highest BCUT2D eigenvalue weighted by atomic mass is 32.2. The number of likely N-dealkylation sites (tertiary alicyclic amines) is 1. The molecule has 1 aromatic carbocycles. The lowest BCUT2D eigenvalue weighted by molar-refractivity contribution is 0.0707. The monoisotopic (exact) mass is 322 g/mol. The first kappa shape index (κ1) is 16.3. The Morgan fingerprint density at radius 3 is 2.50 bits per heavy atom. The Morgan fingerprint density at radius 1 is 1.36 bits per heavy atom. The standard InChI is InChI=1S/C15H18N2O4S/c1-21-13-4-3-12(9-14(13)22(2,19)20)15(18)17-7-5-11(10-16)6-8-17/h3-4,9,11H,5-8H2,1-2H3. The first-order valence-electron chi connectivity index (χ1n) is 6.94. The Bertz CT molecular complexity index is 714. The zero-order valence-electron chi connectivity index (χ0n) is 12.6. The lowest BCUT2D eigenvalue weighted by Crippen LogP contribution is -2.38. The van der Waals surface area contributed by atoms with Crippen LogP contribution in [0.3, 0.4) is 0 Å². The van der Waals surface area contributed by atoms with Gasteiger partial charge < -0.3 is 9.64 Å². The summed E-state index contributed by atoms with van der Waals surface area (Å²) >= 11 is 0. The molecule has 1 aromatic rings. The fourth-order valence-electron chi connectivity index (χ4n) is 2.49. The van der Waals surface area contributed by atoms with Crippen LogP contribution in [0.25, 0.3) is 0 Å². The van der Waals surface area contributed by atoms with Crippen LogP contribution in [0.2, 0.25) is 0 Å². The summed E-state index contributed by atoms with van der Waals surface area (Å²) in [7, 11) is -2.10. The summed E-state index contributed by atoms with van der Waals surface area (Å²) in [5.74, 6) is -0.00215. The van der Waals surface area contributed by atoms with Crippen LogP contribution in [0.4, 0.5) is 0 Å². The van der Waals surface area contributed by atoms with Crippen LogP contribution in [0.1, 0.15) is 23.2 Å². The second-order valence-corrected chi connectivity index (χ2v) is 7.32. The van der Waals surface area contributed by atoms with Gasteiger partial charge in [0.15, 0.2) is 9.84 Å². The van der Waals surface area contributed by atoms with Crippen LogP contribution in [-0.4, -0.2) is 45.7 Å². The summed E-state index contributed by atoms with van der Waals surface area (Å²) < 4.78 is 28.6. The van der Waals surface area contributed by atoms with E-state index in [1.165, 1.54) is 19.2 Å². The summed E-state index contributed by atoms with van der Waals surface area (Å²) in [4.78, 5) is 14.1. The molecular weight excluding hydrogens is 304 g/mol. The maximum atomic E-state index is 12.5. The molecule has 0 saturated carbocycles. The zero-order valence-corrected chi connectivity index (χ0v) is 13.4. The van der Waals surface area contributed by atoms with Crippen molar-refractivity contribution in [1.82, 2.24) is 4.90 Å². The summed E-state index contributed by atoms with van der Waals surface area (Å²) in [6.07, 6.45) is 2.38. The number of carbonyl (C=O) groups is 1. The molecule has 1 amide bonds. The molecule has 1 aliphatic heterocycles. The molecule has 0 aliphatic carbocycles. The molecule has 1 fully saturated rings. The lowest BCUT2D eigenvalue weighted by atomic mass is 9.98. The number of amides is 1. The number of ether oxygens (including phenoxy) is 1. The van der Waals surface area contributed by atoms with E-state index in [1.54, 1.807) is 11.0 Å². The summed E-state index contributed by atoms with van der Waals surface area (Å²) in [6.45, 7) is 1.02. The number of sulfone groups is 1. The van der Waals surface area contributed by atoms with Crippen LogP contribution >= 0.6 is 0 Å². The van der Waals surface area contributed by atoms with Gasteiger partial charge in [0.1, 0.15) is 10.6 Å². The van der Waals surface area contributed by atoms with E-state index in [0.717, 1.165) is 6.26 Å². The number of benzene rings is 1. The summed E-state index contributed by atoms with van der Waals surface area (Å²) in [6, 6.07) is 6.62. The third kappa shape index (κ3) is 3.39. The molecule has 0 radical (unpaired) electrons. The van der Waals surface area contributed by atoms with Crippen molar-refractivity contribution in [3.8, 4) is 11.8 Å². The highest BCUT2D eigenvalue weighted by Crippen LogP contribution is 2.26. The molecule has 1 heterocycles. The van der Waals surface area contributed by atoms with E-state index >= 15 is 0 Å². The minimum absolute atomic E-state index is 0.00719. The van der Waals surface area contributed by atoms with Crippen molar-refractivity contribution in [2.24, 2.45) is 5.92 Å². The quantitative estimate of drug-likeness (QED) is 0.841. The molecule has 6 nitrogen and oxygen atoms in total. The fourth-order valence-corrected chi connectivity index (χ4v) is 3.35. The van der Waals surface area contributed by atoms with Crippen molar-refractivity contribution >= 4 is 15.7 Å². The van der Waals surface area contributed by atoms with Gasteiger partial charge >= 0.3 is 0 Å². The number of hydrogen-bond acceptors (Lipinski definition) is 5. The van der Waals surface area contributed by atoms with Gasteiger partial charge in [0.05, 0.1) is 13.2 Å². The predicted octanol–water partition coefficient (Wildman–Crippen LogP) is 1.47. The van der Waals surface area contributed by atoms with E-state index in [1.807, 2.05) is 0 Å². The molecule has 1 aliphatic rings. The molecule has 2 rings (SSSR count).